The van der Waals surface area contributed by atoms with Crippen LogP contribution in [0.1, 0.15) is 28.4 Å². The molecule has 2 rings (SSSR count). The largest absolute Gasteiger partial charge is 0.494 e. The molecule has 0 bridgehead atoms. The molecule has 0 N–H and O–H groups in total. The summed E-state index contributed by atoms with van der Waals surface area (Å²) < 4.78 is 6.74. The molecule has 106 valence electrons. The van der Waals surface area contributed by atoms with Crippen molar-refractivity contribution in [2.45, 2.75) is 18.7 Å². The van der Waals surface area contributed by atoms with Gasteiger partial charge in [0.15, 0.2) is 0 Å². The molecular weight excluding hydrogens is 403 g/mol. The van der Waals surface area contributed by atoms with Crippen molar-refractivity contribution < 1.29 is 4.74 Å². The minimum absolute atomic E-state index is 0.0407. The van der Waals surface area contributed by atoms with Gasteiger partial charge in [0.1, 0.15) is 5.75 Å². The first-order chi connectivity index (χ1) is 9.51. The summed E-state index contributed by atoms with van der Waals surface area (Å²) in [4.78, 5) is 0.0407. The van der Waals surface area contributed by atoms with E-state index in [1.165, 1.54) is 0 Å². The van der Waals surface area contributed by atoms with Crippen molar-refractivity contribution in [2.24, 2.45) is 0 Å². The van der Waals surface area contributed by atoms with Crippen molar-refractivity contribution in [3.63, 3.8) is 0 Å². The predicted octanol–water partition coefficient (Wildman–Crippen LogP) is 6.29. The molecule has 0 fully saturated rings. The lowest BCUT2D eigenvalue weighted by molar-refractivity contribution is 0.337. The van der Waals surface area contributed by atoms with Crippen LogP contribution in [0.4, 0.5) is 0 Å². The van der Waals surface area contributed by atoms with Crippen molar-refractivity contribution in [3.05, 3.63) is 62.6 Å². The number of ether oxygens (including phenoxy) is 1. The van der Waals surface area contributed by atoms with E-state index in [2.05, 4.69) is 44.0 Å². The highest BCUT2D eigenvalue weighted by Gasteiger charge is 2.17. The lowest BCUT2D eigenvalue weighted by Crippen LogP contribution is -2.00. The highest BCUT2D eigenvalue weighted by atomic mass is 79.9. The molecule has 2 aromatic rings. The van der Waals surface area contributed by atoms with Crippen molar-refractivity contribution in [1.82, 2.24) is 0 Å². The number of rotatable bonds is 4. The molecule has 0 amide bonds. The van der Waals surface area contributed by atoms with Crippen molar-refractivity contribution >= 4 is 43.5 Å². The molecule has 0 aliphatic rings. The molecule has 0 saturated heterocycles. The van der Waals surface area contributed by atoms with Crippen LogP contribution in [-0.4, -0.2) is 6.61 Å². The van der Waals surface area contributed by atoms with Crippen LogP contribution in [0.15, 0.2) is 40.9 Å². The maximum Gasteiger partial charge on any atom is 0.124 e. The highest BCUT2D eigenvalue weighted by Crippen LogP contribution is 2.39. The second kappa shape index (κ2) is 6.97. The Morgan fingerprint density at radius 1 is 1.20 bits per heavy atom. The Kier molecular flexibility index (Phi) is 5.53. The summed E-state index contributed by atoms with van der Waals surface area (Å²) in [5, 5.41) is 0.748. The van der Waals surface area contributed by atoms with E-state index in [0.29, 0.717) is 6.61 Å². The number of aryl methyl sites for hydroxylation is 1. The van der Waals surface area contributed by atoms with E-state index in [9.17, 15) is 0 Å². The van der Waals surface area contributed by atoms with Crippen LogP contribution < -0.4 is 4.74 Å². The molecule has 1 unspecified atom stereocenters. The summed E-state index contributed by atoms with van der Waals surface area (Å²) in [5.74, 6) is 0.884. The van der Waals surface area contributed by atoms with Gasteiger partial charge in [-0.25, -0.2) is 0 Å². The van der Waals surface area contributed by atoms with Gasteiger partial charge in [-0.2, -0.15) is 0 Å². The van der Waals surface area contributed by atoms with Crippen LogP contribution in [0.25, 0.3) is 0 Å². The van der Waals surface area contributed by atoms with Gasteiger partial charge in [0.05, 0.1) is 11.4 Å². The summed E-state index contributed by atoms with van der Waals surface area (Å²) in [6, 6.07) is 12.1. The quantitative estimate of drug-likeness (QED) is 0.530. The fourth-order valence-corrected chi connectivity index (χ4v) is 3.39. The second-order valence-corrected chi connectivity index (χ2v) is 6.81. The molecule has 1 atom stereocenters. The van der Waals surface area contributed by atoms with Crippen molar-refractivity contribution in [2.75, 3.05) is 6.61 Å². The Morgan fingerprint density at radius 2 is 1.95 bits per heavy atom. The van der Waals surface area contributed by atoms with Crippen LogP contribution >= 0.6 is 43.5 Å². The first kappa shape index (κ1) is 15.9. The maximum absolute atomic E-state index is 6.15. The van der Waals surface area contributed by atoms with Gasteiger partial charge in [0, 0.05) is 15.1 Å². The van der Waals surface area contributed by atoms with Gasteiger partial charge in [-0.05, 0) is 55.3 Å². The van der Waals surface area contributed by atoms with Gasteiger partial charge in [0.2, 0.25) is 0 Å². The van der Waals surface area contributed by atoms with Gasteiger partial charge < -0.3 is 4.74 Å². The normalized spacial score (nSPS) is 12.2. The first-order valence-corrected chi connectivity index (χ1v) is 8.43. The number of hydrogen-bond acceptors (Lipinski definition) is 1. The maximum atomic E-state index is 6.15. The predicted molar refractivity (Wildman–Crippen MR) is 92.3 cm³/mol. The molecule has 2 aromatic carbocycles. The third kappa shape index (κ3) is 3.78. The summed E-state index contributed by atoms with van der Waals surface area (Å²) in [7, 11) is 0. The average molecular weight is 419 g/mol. The lowest BCUT2D eigenvalue weighted by Gasteiger charge is -2.17. The van der Waals surface area contributed by atoms with Crippen LogP contribution in [0, 0.1) is 6.92 Å². The minimum atomic E-state index is 0.0407. The first-order valence-electron chi connectivity index (χ1n) is 6.34. The summed E-state index contributed by atoms with van der Waals surface area (Å²) in [6.07, 6.45) is 0. The number of alkyl halides is 1. The van der Waals surface area contributed by atoms with Crippen LogP contribution in [0.2, 0.25) is 5.02 Å². The van der Waals surface area contributed by atoms with Crippen LogP contribution in [0.3, 0.4) is 0 Å². The van der Waals surface area contributed by atoms with E-state index in [4.69, 9.17) is 16.3 Å². The summed E-state index contributed by atoms with van der Waals surface area (Å²) in [6.45, 7) is 4.67. The van der Waals surface area contributed by atoms with E-state index in [1.54, 1.807) is 0 Å². The van der Waals surface area contributed by atoms with Crippen molar-refractivity contribution in [3.8, 4) is 5.75 Å². The Labute approximate surface area is 141 Å². The number of hydrogen-bond donors (Lipinski definition) is 0. The topological polar surface area (TPSA) is 9.23 Å². The van der Waals surface area contributed by atoms with E-state index < -0.39 is 0 Å². The molecule has 0 spiro atoms. The monoisotopic (exact) mass is 416 g/mol. The van der Waals surface area contributed by atoms with Gasteiger partial charge in [0.25, 0.3) is 0 Å². The molecule has 0 radical (unpaired) electrons. The van der Waals surface area contributed by atoms with Gasteiger partial charge in [-0.3, -0.25) is 0 Å². The van der Waals surface area contributed by atoms with Crippen LogP contribution in [0.5, 0.6) is 5.75 Å². The van der Waals surface area contributed by atoms with Gasteiger partial charge in [-0.1, -0.05) is 49.5 Å². The molecule has 1 nitrogen and oxygen atoms in total. The SMILES string of the molecule is CCOc1ccc(Br)cc1C(Br)c1cc(C)cc(Cl)c1. The fraction of sp³-hybridized carbons (Fsp3) is 0.250. The average Bonchev–Trinajstić information content (AvgIpc) is 2.39. The number of benzene rings is 2. The molecule has 0 aromatic heterocycles. The molecule has 0 heterocycles. The molecule has 20 heavy (non-hydrogen) atoms. The lowest BCUT2D eigenvalue weighted by atomic mass is 10.0. The third-order valence-corrected chi connectivity index (χ3v) is 4.64. The van der Waals surface area contributed by atoms with E-state index in [-0.39, 0.29) is 4.83 Å². The molecular formula is C16H15Br2ClO. The fourth-order valence-electron chi connectivity index (χ4n) is 2.09. The summed E-state index contributed by atoms with van der Waals surface area (Å²) >= 11 is 13.4. The Morgan fingerprint density at radius 3 is 2.60 bits per heavy atom. The zero-order valence-electron chi connectivity index (χ0n) is 11.3. The van der Waals surface area contributed by atoms with E-state index in [0.717, 1.165) is 31.9 Å². The second-order valence-electron chi connectivity index (χ2n) is 4.54. The van der Waals surface area contributed by atoms with Crippen LogP contribution in [-0.2, 0) is 0 Å². The van der Waals surface area contributed by atoms with Gasteiger partial charge in [-0.15, -0.1) is 0 Å². The van der Waals surface area contributed by atoms with E-state index in [1.807, 2.05) is 38.1 Å². The molecule has 0 aliphatic heterocycles. The molecule has 4 heteroatoms. The van der Waals surface area contributed by atoms with Crippen molar-refractivity contribution in [1.29, 1.82) is 0 Å². The Bertz CT molecular complexity index is 593. The number of halogens is 3. The standard InChI is InChI=1S/C16H15Br2ClO/c1-3-20-15-5-4-12(17)9-14(15)16(18)11-6-10(2)7-13(19)8-11/h4-9,16H,3H2,1-2H3. The van der Waals surface area contributed by atoms with Gasteiger partial charge >= 0.3 is 0 Å². The Hall–Kier alpha value is -0.510. The smallest absolute Gasteiger partial charge is 0.124 e. The zero-order valence-corrected chi connectivity index (χ0v) is 15.2. The van der Waals surface area contributed by atoms with E-state index >= 15 is 0 Å². The molecule has 0 aliphatic carbocycles. The highest BCUT2D eigenvalue weighted by molar-refractivity contribution is 9.10. The molecule has 0 saturated carbocycles. The summed E-state index contributed by atoms with van der Waals surface area (Å²) in [5.41, 5.74) is 3.35. The zero-order chi connectivity index (χ0) is 14.7. The third-order valence-electron chi connectivity index (χ3n) is 2.90. The Balaban J connectivity index is 2.46. The minimum Gasteiger partial charge on any atom is -0.494 e.